The van der Waals surface area contributed by atoms with E-state index in [4.69, 9.17) is 10.2 Å². The first-order chi connectivity index (χ1) is 6.15. The molecule has 0 fully saturated rings. The van der Waals surface area contributed by atoms with Crippen molar-refractivity contribution in [2.75, 3.05) is 5.75 Å². The predicted molar refractivity (Wildman–Crippen MR) is 47.1 cm³/mol. The van der Waals surface area contributed by atoms with Gasteiger partial charge in [0.1, 0.15) is 5.56 Å². The maximum absolute atomic E-state index is 10.4. The second kappa shape index (κ2) is 4.08. The Morgan fingerprint density at radius 3 is 2.85 bits per heavy atom. The predicted octanol–water partition coefficient (Wildman–Crippen LogP) is 0.992. The summed E-state index contributed by atoms with van der Waals surface area (Å²) in [7, 11) is 0. The Hall–Kier alpha value is -1.30. The van der Waals surface area contributed by atoms with Gasteiger partial charge in [-0.25, -0.2) is 9.78 Å². The summed E-state index contributed by atoms with van der Waals surface area (Å²) in [5.41, 5.74) is -0.277. The largest absolute Gasteiger partial charge is 0.493 e. The van der Waals surface area contributed by atoms with Gasteiger partial charge in [-0.05, 0) is 5.75 Å². The average molecular weight is 200 g/mol. The van der Waals surface area contributed by atoms with Crippen LogP contribution in [0, 0.1) is 0 Å². The van der Waals surface area contributed by atoms with Crippen LogP contribution in [0.15, 0.2) is 11.4 Å². The molecule has 5 nitrogen and oxygen atoms in total. The summed E-state index contributed by atoms with van der Waals surface area (Å²) in [5, 5.41) is 18.1. The van der Waals surface area contributed by atoms with Crippen molar-refractivity contribution in [2.24, 2.45) is 0 Å². The zero-order valence-corrected chi connectivity index (χ0v) is 7.71. The zero-order chi connectivity index (χ0) is 9.84. The van der Waals surface area contributed by atoms with Gasteiger partial charge in [0.15, 0.2) is 5.16 Å². The molecule has 0 atom stereocenters. The number of carboxylic acids is 1. The summed E-state index contributed by atoms with van der Waals surface area (Å²) in [5.74, 6) is -0.949. The van der Waals surface area contributed by atoms with Crippen molar-refractivity contribution in [3.05, 3.63) is 11.8 Å². The molecule has 70 valence electrons. The zero-order valence-electron chi connectivity index (χ0n) is 6.89. The van der Waals surface area contributed by atoms with Crippen LogP contribution >= 0.6 is 11.8 Å². The van der Waals surface area contributed by atoms with Crippen LogP contribution in [0.3, 0.4) is 0 Å². The summed E-state index contributed by atoms with van der Waals surface area (Å²) in [6.07, 6.45) is 1.10. The molecule has 1 aromatic heterocycles. The summed E-state index contributed by atoms with van der Waals surface area (Å²) in [4.78, 5) is 17.8. The van der Waals surface area contributed by atoms with Crippen molar-refractivity contribution < 1.29 is 15.0 Å². The van der Waals surface area contributed by atoms with Crippen molar-refractivity contribution in [1.29, 1.82) is 0 Å². The summed E-state index contributed by atoms with van der Waals surface area (Å²) in [6.45, 7) is 1.91. The van der Waals surface area contributed by atoms with Crippen LogP contribution in [0.2, 0.25) is 0 Å². The van der Waals surface area contributed by atoms with Crippen LogP contribution in [-0.4, -0.2) is 31.9 Å². The minimum atomic E-state index is -1.23. The van der Waals surface area contributed by atoms with E-state index in [2.05, 4.69) is 9.97 Å². The van der Waals surface area contributed by atoms with Gasteiger partial charge in [0.25, 0.3) is 0 Å². The minimum absolute atomic E-state index is 0.277. The Morgan fingerprint density at radius 2 is 2.38 bits per heavy atom. The molecule has 0 aliphatic carbocycles. The second-order valence-electron chi connectivity index (χ2n) is 2.13. The average Bonchev–Trinajstić information content (AvgIpc) is 2.04. The number of hydrogen-bond acceptors (Lipinski definition) is 5. The van der Waals surface area contributed by atoms with Crippen LogP contribution < -0.4 is 0 Å². The number of hydrogen-bond donors (Lipinski definition) is 2. The van der Waals surface area contributed by atoms with E-state index >= 15 is 0 Å². The molecule has 0 saturated carbocycles. The van der Waals surface area contributed by atoms with Gasteiger partial charge in [0, 0.05) is 6.20 Å². The lowest BCUT2D eigenvalue weighted by Crippen LogP contribution is -2.00. The van der Waals surface area contributed by atoms with Gasteiger partial charge in [-0.1, -0.05) is 18.7 Å². The highest BCUT2D eigenvalue weighted by atomic mass is 32.2. The third-order valence-electron chi connectivity index (χ3n) is 1.25. The molecule has 1 rings (SSSR count). The molecule has 0 spiro atoms. The maximum atomic E-state index is 10.4. The Balaban J connectivity index is 2.98. The summed E-state index contributed by atoms with van der Waals surface area (Å²) < 4.78 is 0. The number of carboxylic acid groups (broad SMARTS) is 1. The van der Waals surface area contributed by atoms with Gasteiger partial charge < -0.3 is 10.2 Å². The van der Waals surface area contributed by atoms with E-state index in [0.717, 1.165) is 11.9 Å². The van der Waals surface area contributed by atoms with E-state index < -0.39 is 11.8 Å². The highest BCUT2D eigenvalue weighted by molar-refractivity contribution is 7.99. The fraction of sp³-hybridized carbons (Fsp3) is 0.286. The van der Waals surface area contributed by atoms with Crippen molar-refractivity contribution in [2.45, 2.75) is 12.1 Å². The summed E-state index contributed by atoms with van der Waals surface area (Å²) >= 11 is 1.33. The standard InChI is InChI=1S/C7H8N2O3S/c1-2-13-7-8-3-4(6(11)12)5(10)9-7/h3H,2H2,1H3,(H,11,12)(H,8,9,10). The first-order valence-electron chi connectivity index (χ1n) is 3.57. The number of aromatic carboxylic acids is 1. The number of aromatic hydroxyl groups is 1. The molecule has 0 bridgehead atoms. The quantitative estimate of drug-likeness (QED) is 0.559. The van der Waals surface area contributed by atoms with E-state index in [9.17, 15) is 4.79 Å². The number of carbonyl (C=O) groups is 1. The molecule has 0 aliphatic rings. The maximum Gasteiger partial charge on any atom is 0.342 e. The Morgan fingerprint density at radius 1 is 1.69 bits per heavy atom. The summed E-state index contributed by atoms with van der Waals surface area (Å²) in [6, 6.07) is 0. The SMILES string of the molecule is CCSc1ncc(C(=O)O)c(O)n1. The highest BCUT2D eigenvalue weighted by Crippen LogP contribution is 2.18. The van der Waals surface area contributed by atoms with Gasteiger partial charge in [-0.15, -0.1) is 0 Å². The fourth-order valence-electron chi connectivity index (χ4n) is 0.707. The monoisotopic (exact) mass is 200 g/mol. The van der Waals surface area contributed by atoms with Crippen LogP contribution in [0.1, 0.15) is 17.3 Å². The van der Waals surface area contributed by atoms with E-state index in [-0.39, 0.29) is 5.56 Å². The van der Waals surface area contributed by atoms with E-state index in [1.807, 2.05) is 6.92 Å². The molecule has 1 heterocycles. The molecule has 0 aliphatic heterocycles. The Kier molecular flexibility index (Phi) is 3.07. The van der Waals surface area contributed by atoms with Crippen LogP contribution in [0.4, 0.5) is 0 Å². The molecular formula is C7H8N2O3S. The number of aromatic nitrogens is 2. The number of rotatable bonds is 3. The van der Waals surface area contributed by atoms with E-state index in [1.54, 1.807) is 0 Å². The third-order valence-corrected chi connectivity index (χ3v) is 1.99. The van der Waals surface area contributed by atoms with Crippen molar-refractivity contribution in [3.63, 3.8) is 0 Å². The van der Waals surface area contributed by atoms with Gasteiger partial charge in [0.05, 0.1) is 0 Å². The molecule has 1 aromatic rings. The van der Waals surface area contributed by atoms with Crippen LogP contribution in [0.25, 0.3) is 0 Å². The van der Waals surface area contributed by atoms with Crippen molar-refractivity contribution in [1.82, 2.24) is 9.97 Å². The lowest BCUT2D eigenvalue weighted by atomic mass is 10.3. The normalized spacial score (nSPS) is 9.92. The molecule has 0 aromatic carbocycles. The topological polar surface area (TPSA) is 83.3 Å². The lowest BCUT2D eigenvalue weighted by Gasteiger charge is -1.99. The van der Waals surface area contributed by atoms with Crippen molar-refractivity contribution in [3.8, 4) is 5.88 Å². The molecule has 0 amide bonds. The molecule has 6 heteroatoms. The molecular weight excluding hydrogens is 192 g/mol. The Labute approximate surface area is 78.8 Å². The smallest absolute Gasteiger partial charge is 0.342 e. The van der Waals surface area contributed by atoms with E-state index in [0.29, 0.717) is 5.16 Å². The third kappa shape index (κ3) is 2.32. The Bertz CT molecular complexity index is 330. The van der Waals surface area contributed by atoms with E-state index in [1.165, 1.54) is 11.8 Å². The van der Waals surface area contributed by atoms with Crippen LogP contribution in [-0.2, 0) is 0 Å². The van der Waals surface area contributed by atoms with Gasteiger partial charge in [-0.2, -0.15) is 4.98 Å². The number of thioether (sulfide) groups is 1. The highest BCUT2D eigenvalue weighted by Gasteiger charge is 2.11. The molecule has 0 unspecified atom stereocenters. The first-order valence-corrected chi connectivity index (χ1v) is 4.55. The number of nitrogens with zero attached hydrogens (tertiary/aromatic N) is 2. The molecule has 2 N–H and O–H groups in total. The van der Waals surface area contributed by atoms with Gasteiger partial charge >= 0.3 is 5.97 Å². The first kappa shape index (κ1) is 9.79. The van der Waals surface area contributed by atoms with Crippen LogP contribution in [0.5, 0.6) is 5.88 Å². The minimum Gasteiger partial charge on any atom is -0.493 e. The molecule has 0 radical (unpaired) electrons. The molecule has 0 saturated heterocycles. The van der Waals surface area contributed by atoms with Gasteiger partial charge in [0.2, 0.25) is 5.88 Å². The van der Waals surface area contributed by atoms with Gasteiger partial charge in [-0.3, -0.25) is 0 Å². The molecule has 13 heavy (non-hydrogen) atoms. The van der Waals surface area contributed by atoms with Crippen molar-refractivity contribution >= 4 is 17.7 Å². The second-order valence-corrected chi connectivity index (χ2v) is 3.36. The lowest BCUT2D eigenvalue weighted by molar-refractivity contribution is 0.0692. The fourth-order valence-corrected chi connectivity index (χ4v) is 1.24.